The Kier molecular flexibility index (Phi) is 6.66. The van der Waals surface area contributed by atoms with Gasteiger partial charge >= 0.3 is 0 Å². The molecular formula is C27H30N2O2. The molecule has 3 aromatic rings. The molecule has 0 aliphatic carbocycles. The average Bonchev–Trinajstić information content (AvgIpc) is 2.79. The second kappa shape index (κ2) is 9.78. The lowest BCUT2D eigenvalue weighted by Crippen LogP contribution is -2.40. The molecule has 0 bridgehead atoms. The number of rotatable bonds is 6. The zero-order valence-corrected chi connectivity index (χ0v) is 18.4. The number of pyridine rings is 1. The second-order valence-electron chi connectivity index (χ2n) is 8.41. The first-order valence-corrected chi connectivity index (χ1v) is 11.0. The summed E-state index contributed by atoms with van der Waals surface area (Å²) < 4.78 is 5.29. The minimum absolute atomic E-state index is 0.176. The van der Waals surface area contributed by atoms with Gasteiger partial charge in [0.2, 0.25) is 5.91 Å². The van der Waals surface area contributed by atoms with E-state index in [1.54, 1.807) is 7.11 Å². The summed E-state index contributed by atoms with van der Waals surface area (Å²) in [5.41, 5.74) is 5.74. The quantitative estimate of drug-likeness (QED) is 0.574. The first kappa shape index (κ1) is 21.1. The zero-order valence-electron chi connectivity index (χ0n) is 18.4. The number of carbonyl (C=O) groups excluding carboxylic acids is 1. The average molecular weight is 415 g/mol. The molecule has 2 aromatic carbocycles. The van der Waals surface area contributed by atoms with Gasteiger partial charge in [-0.25, -0.2) is 0 Å². The van der Waals surface area contributed by atoms with E-state index in [0.717, 1.165) is 55.1 Å². The third-order valence-electron chi connectivity index (χ3n) is 5.97. The molecule has 1 atom stereocenters. The number of amides is 1. The van der Waals surface area contributed by atoms with Crippen LogP contribution in [0.25, 0.3) is 0 Å². The summed E-state index contributed by atoms with van der Waals surface area (Å²) >= 11 is 0. The molecular weight excluding hydrogens is 384 g/mol. The van der Waals surface area contributed by atoms with Crippen molar-refractivity contribution in [3.8, 4) is 5.75 Å². The molecule has 160 valence electrons. The summed E-state index contributed by atoms with van der Waals surface area (Å²) in [6, 6.07) is 22.7. The number of ether oxygens (including phenoxy) is 1. The van der Waals surface area contributed by atoms with Crippen LogP contribution < -0.4 is 4.74 Å². The monoisotopic (exact) mass is 414 g/mol. The summed E-state index contributed by atoms with van der Waals surface area (Å²) in [7, 11) is 1.65. The normalized spacial score (nSPS) is 16.2. The van der Waals surface area contributed by atoms with Crippen molar-refractivity contribution < 1.29 is 9.53 Å². The van der Waals surface area contributed by atoms with E-state index in [1.807, 2.05) is 35.2 Å². The number of methoxy groups -OCH3 is 1. The Morgan fingerprint density at radius 1 is 1.03 bits per heavy atom. The number of piperidine rings is 1. The van der Waals surface area contributed by atoms with E-state index in [9.17, 15) is 4.79 Å². The lowest BCUT2D eigenvalue weighted by Gasteiger charge is -2.33. The third-order valence-corrected chi connectivity index (χ3v) is 5.97. The fraction of sp³-hybridized carbons (Fsp3) is 0.333. The Bertz CT molecular complexity index is 1030. The Morgan fingerprint density at radius 2 is 1.84 bits per heavy atom. The highest BCUT2D eigenvalue weighted by molar-refractivity contribution is 5.79. The Morgan fingerprint density at radius 3 is 2.65 bits per heavy atom. The highest BCUT2D eigenvalue weighted by Crippen LogP contribution is 2.28. The van der Waals surface area contributed by atoms with Gasteiger partial charge in [0.15, 0.2) is 0 Å². The van der Waals surface area contributed by atoms with Gasteiger partial charge in [0.05, 0.1) is 13.5 Å². The molecule has 1 fully saturated rings. The lowest BCUT2D eigenvalue weighted by molar-refractivity contribution is -0.131. The lowest BCUT2D eigenvalue weighted by atomic mass is 9.92. The first-order valence-electron chi connectivity index (χ1n) is 11.0. The van der Waals surface area contributed by atoms with E-state index in [1.165, 1.54) is 11.1 Å². The maximum Gasteiger partial charge on any atom is 0.227 e. The molecule has 0 spiro atoms. The van der Waals surface area contributed by atoms with Crippen molar-refractivity contribution >= 4 is 5.91 Å². The molecule has 4 nitrogen and oxygen atoms in total. The van der Waals surface area contributed by atoms with Gasteiger partial charge in [0, 0.05) is 30.4 Å². The number of aryl methyl sites for hydroxylation is 1. The van der Waals surface area contributed by atoms with Crippen molar-refractivity contribution in [2.75, 3.05) is 20.2 Å². The van der Waals surface area contributed by atoms with Gasteiger partial charge < -0.3 is 9.64 Å². The number of benzene rings is 2. The van der Waals surface area contributed by atoms with Gasteiger partial charge in [-0.3, -0.25) is 9.78 Å². The molecule has 0 N–H and O–H groups in total. The Hall–Kier alpha value is -3.14. The van der Waals surface area contributed by atoms with Crippen molar-refractivity contribution in [3.63, 3.8) is 0 Å². The van der Waals surface area contributed by atoms with E-state index >= 15 is 0 Å². The van der Waals surface area contributed by atoms with Gasteiger partial charge in [-0.15, -0.1) is 0 Å². The summed E-state index contributed by atoms with van der Waals surface area (Å²) in [5.74, 6) is 1.25. The molecule has 0 radical (unpaired) electrons. The van der Waals surface area contributed by atoms with Gasteiger partial charge in [-0.05, 0) is 67.1 Å². The summed E-state index contributed by atoms with van der Waals surface area (Å²) in [5, 5.41) is 0. The minimum atomic E-state index is 0.176. The van der Waals surface area contributed by atoms with Crippen LogP contribution in [0.4, 0.5) is 0 Å². The van der Waals surface area contributed by atoms with E-state index in [-0.39, 0.29) is 11.8 Å². The Balaban J connectivity index is 1.46. The molecule has 4 rings (SSSR count). The fourth-order valence-electron chi connectivity index (χ4n) is 4.42. The van der Waals surface area contributed by atoms with Crippen LogP contribution in [0.2, 0.25) is 0 Å². The van der Waals surface area contributed by atoms with Gasteiger partial charge in [-0.2, -0.15) is 0 Å². The van der Waals surface area contributed by atoms with E-state index in [2.05, 4.69) is 43.3 Å². The molecule has 1 amide bonds. The van der Waals surface area contributed by atoms with E-state index in [4.69, 9.17) is 9.72 Å². The topological polar surface area (TPSA) is 42.4 Å². The predicted octanol–water partition coefficient (Wildman–Crippen LogP) is 4.94. The molecule has 0 unspecified atom stereocenters. The van der Waals surface area contributed by atoms with Crippen LogP contribution in [-0.4, -0.2) is 36.0 Å². The maximum absolute atomic E-state index is 13.0. The fourth-order valence-corrected chi connectivity index (χ4v) is 4.42. The molecule has 1 aliphatic heterocycles. The summed E-state index contributed by atoms with van der Waals surface area (Å²) in [4.78, 5) is 19.8. The molecule has 1 aliphatic rings. The number of likely N-dealkylation sites (tertiary alicyclic amines) is 1. The summed E-state index contributed by atoms with van der Waals surface area (Å²) in [6.45, 7) is 3.62. The van der Waals surface area contributed by atoms with Crippen molar-refractivity contribution in [2.45, 2.75) is 38.5 Å². The van der Waals surface area contributed by atoms with E-state index < -0.39 is 0 Å². The Labute approximate surface area is 184 Å². The van der Waals surface area contributed by atoms with Crippen LogP contribution >= 0.6 is 0 Å². The number of carbonyl (C=O) groups is 1. The van der Waals surface area contributed by atoms with Crippen LogP contribution in [0, 0.1) is 6.92 Å². The number of hydrogen-bond donors (Lipinski definition) is 0. The van der Waals surface area contributed by atoms with Gasteiger partial charge in [0.1, 0.15) is 5.75 Å². The van der Waals surface area contributed by atoms with E-state index in [0.29, 0.717) is 6.42 Å². The predicted molar refractivity (Wildman–Crippen MR) is 123 cm³/mol. The van der Waals surface area contributed by atoms with Gasteiger partial charge in [0.25, 0.3) is 0 Å². The molecule has 0 saturated carbocycles. The number of hydrogen-bond acceptors (Lipinski definition) is 3. The smallest absolute Gasteiger partial charge is 0.227 e. The van der Waals surface area contributed by atoms with Gasteiger partial charge in [-0.1, -0.05) is 42.5 Å². The van der Waals surface area contributed by atoms with Crippen LogP contribution in [0.5, 0.6) is 5.75 Å². The van der Waals surface area contributed by atoms with Crippen LogP contribution in [0.3, 0.4) is 0 Å². The SMILES string of the molecule is COc1cccc(CC(=O)N2CCC[C@@H](c3cc(Cc4ccccc4)cc(C)n3)C2)c1. The van der Waals surface area contributed by atoms with Crippen molar-refractivity contribution in [3.05, 3.63) is 94.8 Å². The molecule has 1 saturated heterocycles. The molecule has 2 heterocycles. The highest BCUT2D eigenvalue weighted by atomic mass is 16.5. The van der Waals surface area contributed by atoms with Crippen LogP contribution in [-0.2, 0) is 17.6 Å². The van der Waals surface area contributed by atoms with Crippen molar-refractivity contribution in [1.82, 2.24) is 9.88 Å². The van der Waals surface area contributed by atoms with Crippen molar-refractivity contribution in [2.24, 2.45) is 0 Å². The number of aromatic nitrogens is 1. The standard InChI is InChI=1S/C27H30N2O2/c1-20-14-23(15-21-8-4-3-5-9-21)17-26(28-20)24-11-7-13-29(19-24)27(30)18-22-10-6-12-25(16-22)31-2/h3-6,8-10,12,14,16-17,24H,7,11,13,15,18-19H2,1-2H3/t24-/m1/s1. The van der Waals surface area contributed by atoms with Crippen LogP contribution in [0.1, 0.15) is 46.8 Å². The first-order chi connectivity index (χ1) is 15.1. The maximum atomic E-state index is 13.0. The van der Waals surface area contributed by atoms with Crippen LogP contribution in [0.15, 0.2) is 66.7 Å². The summed E-state index contributed by atoms with van der Waals surface area (Å²) in [6.07, 6.45) is 3.40. The molecule has 1 aromatic heterocycles. The zero-order chi connectivity index (χ0) is 21.6. The number of nitrogens with zero attached hydrogens (tertiary/aromatic N) is 2. The minimum Gasteiger partial charge on any atom is -0.497 e. The van der Waals surface area contributed by atoms with Crippen molar-refractivity contribution in [1.29, 1.82) is 0 Å². The molecule has 31 heavy (non-hydrogen) atoms. The second-order valence-corrected chi connectivity index (χ2v) is 8.41. The highest BCUT2D eigenvalue weighted by Gasteiger charge is 2.26. The largest absolute Gasteiger partial charge is 0.497 e. The molecule has 4 heteroatoms. The third kappa shape index (κ3) is 5.52.